The van der Waals surface area contributed by atoms with E-state index in [1.54, 1.807) is 11.2 Å². The standard InChI is InChI=1S/C20H26N2O3/c1-16-7-5-10-18(15-23)21(16)14-20(24)22(13-19-11-6-12-25-19)17-8-3-2-4-9-17/h2-4,6,8-9,11-12,16,18,23H,5,7,10,13-15H2,1H3. The van der Waals surface area contributed by atoms with Crippen LogP contribution in [0.15, 0.2) is 53.1 Å². The number of para-hydroxylation sites is 1. The van der Waals surface area contributed by atoms with Gasteiger partial charge in [-0.25, -0.2) is 0 Å². The van der Waals surface area contributed by atoms with E-state index in [2.05, 4.69) is 11.8 Å². The lowest BCUT2D eigenvalue weighted by Crippen LogP contribution is -2.51. The fourth-order valence-corrected chi connectivity index (χ4v) is 3.55. The van der Waals surface area contributed by atoms with Crippen molar-refractivity contribution in [3.8, 4) is 0 Å². The maximum absolute atomic E-state index is 13.1. The Morgan fingerprint density at radius 3 is 2.72 bits per heavy atom. The largest absolute Gasteiger partial charge is 0.467 e. The van der Waals surface area contributed by atoms with Gasteiger partial charge >= 0.3 is 0 Å². The van der Waals surface area contributed by atoms with Gasteiger partial charge in [0, 0.05) is 17.8 Å². The molecule has 5 heteroatoms. The summed E-state index contributed by atoms with van der Waals surface area (Å²) in [5.41, 5.74) is 0.856. The van der Waals surface area contributed by atoms with Crippen LogP contribution in [0.2, 0.25) is 0 Å². The molecule has 2 aromatic rings. The third-order valence-electron chi connectivity index (χ3n) is 4.99. The van der Waals surface area contributed by atoms with Crippen molar-refractivity contribution in [2.75, 3.05) is 18.1 Å². The maximum Gasteiger partial charge on any atom is 0.241 e. The number of carbonyl (C=O) groups excluding carboxylic acids is 1. The van der Waals surface area contributed by atoms with Crippen LogP contribution in [0.25, 0.3) is 0 Å². The summed E-state index contributed by atoms with van der Waals surface area (Å²) in [4.78, 5) is 17.0. The van der Waals surface area contributed by atoms with E-state index in [0.717, 1.165) is 30.7 Å². The van der Waals surface area contributed by atoms with Crippen molar-refractivity contribution in [2.24, 2.45) is 0 Å². The first kappa shape index (κ1) is 17.7. The molecular weight excluding hydrogens is 316 g/mol. The van der Waals surface area contributed by atoms with E-state index in [1.807, 2.05) is 42.5 Å². The van der Waals surface area contributed by atoms with Crippen LogP contribution in [0, 0.1) is 0 Å². The van der Waals surface area contributed by atoms with E-state index in [1.165, 1.54) is 0 Å². The van der Waals surface area contributed by atoms with Gasteiger partial charge in [-0.2, -0.15) is 0 Å². The number of hydrogen-bond donors (Lipinski definition) is 1. The number of piperidine rings is 1. The molecule has 1 aromatic heterocycles. The normalized spacial score (nSPS) is 21.2. The number of anilines is 1. The average molecular weight is 342 g/mol. The van der Waals surface area contributed by atoms with Crippen LogP contribution < -0.4 is 4.90 Å². The van der Waals surface area contributed by atoms with Crippen LogP contribution in [0.4, 0.5) is 5.69 Å². The fourth-order valence-electron chi connectivity index (χ4n) is 3.55. The molecule has 1 aliphatic heterocycles. The second-order valence-electron chi connectivity index (χ2n) is 6.68. The molecule has 0 radical (unpaired) electrons. The molecule has 134 valence electrons. The van der Waals surface area contributed by atoms with Crippen LogP contribution in [0.3, 0.4) is 0 Å². The lowest BCUT2D eigenvalue weighted by atomic mass is 9.97. The van der Waals surface area contributed by atoms with Crippen molar-refractivity contribution in [3.63, 3.8) is 0 Å². The molecule has 1 saturated heterocycles. The average Bonchev–Trinajstić information content (AvgIpc) is 3.15. The predicted octanol–water partition coefficient (Wildman–Crippen LogP) is 3.05. The smallest absolute Gasteiger partial charge is 0.241 e. The van der Waals surface area contributed by atoms with Crippen LogP contribution in [-0.4, -0.2) is 41.1 Å². The minimum atomic E-state index is 0.0230. The Kier molecular flexibility index (Phi) is 5.89. The van der Waals surface area contributed by atoms with Gasteiger partial charge in [-0.15, -0.1) is 0 Å². The number of amides is 1. The van der Waals surface area contributed by atoms with Gasteiger partial charge in [-0.05, 0) is 44.0 Å². The zero-order chi connectivity index (χ0) is 17.6. The number of aliphatic hydroxyl groups excluding tert-OH is 1. The quantitative estimate of drug-likeness (QED) is 0.877. The van der Waals surface area contributed by atoms with Crippen molar-refractivity contribution >= 4 is 11.6 Å². The third-order valence-corrected chi connectivity index (χ3v) is 4.99. The Balaban J connectivity index is 1.78. The summed E-state index contributed by atoms with van der Waals surface area (Å²) in [5.74, 6) is 0.775. The van der Waals surface area contributed by atoms with Crippen LogP contribution in [0.1, 0.15) is 31.9 Å². The van der Waals surface area contributed by atoms with Crippen LogP contribution >= 0.6 is 0 Å². The van der Waals surface area contributed by atoms with Gasteiger partial charge in [-0.3, -0.25) is 9.69 Å². The number of furan rings is 1. The molecule has 5 nitrogen and oxygen atoms in total. The van der Waals surface area contributed by atoms with Crippen LogP contribution in [-0.2, 0) is 11.3 Å². The van der Waals surface area contributed by atoms with Crippen molar-refractivity contribution in [1.29, 1.82) is 0 Å². The number of rotatable bonds is 6. The molecular formula is C20H26N2O3. The van der Waals surface area contributed by atoms with E-state index in [9.17, 15) is 9.90 Å². The second-order valence-corrected chi connectivity index (χ2v) is 6.68. The number of nitrogens with zero attached hydrogens (tertiary/aromatic N) is 2. The van der Waals surface area contributed by atoms with Gasteiger partial charge in [0.1, 0.15) is 5.76 Å². The van der Waals surface area contributed by atoms with Crippen molar-refractivity contribution in [1.82, 2.24) is 4.90 Å². The molecule has 2 atom stereocenters. The minimum Gasteiger partial charge on any atom is -0.467 e. The molecule has 1 aromatic carbocycles. The molecule has 1 fully saturated rings. The first-order valence-corrected chi connectivity index (χ1v) is 8.93. The fraction of sp³-hybridized carbons (Fsp3) is 0.450. The molecule has 0 aliphatic carbocycles. The van der Waals surface area contributed by atoms with E-state index < -0.39 is 0 Å². The summed E-state index contributed by atoms with van der Waals surface area (Å²) in [7, 11) is 0. The molecule has 0 spiro atoms. The van der Waals surface area contributed by atoms with Gasteiger partial charge in [0.05, 0.1) is 26.0 Å². The summed E-state index contributed by atoms with van der Waals surface area (Å²) in [6.07, 6.45) is 4.73. The number of hydrogen-bond acceptors (Lipinski definition) is 4. The van der Waals surface area contributed by atoms with E-state index in [0.29, 0.717) is 19.1 Å². The van der Waals surface area contributed by atoms with E-state index in [-0.39, 0.29) is 18.6 Å². The topological polar surface area (TPSA) is 56.9 Å². The highest BCUT2D eigenvalue weighted by molar-refractivity contribution is 5.94. The Bertz CT molecular complexity index is 657. The molecule has 2 unspecified atom stereocenters. The highest BCUT2D eigenvalue weighted by atomic mass is 16.3. The van der Waals surface area contributed by atoms with E-state index >= 15 is 0 Å². The lowest BCUT2D eigenvalue weighted by molar-refractivity contribution is -0.122. The zero-order valence-corrected chi connectivity index (χ0v) is 14.7. The van der Waals surface area contributed by atoms with Gasteiger partial charge in [0.15, 0.2) is 0 Å². The minimum absolute atomic E-state index is 0.0230. The zero-order valence-electron chi connectivity index (χ0n) is 14.7. The molecule has 3 rings (SSSR count). The first-order chi connectivity index (χ1) is 12.2. The molecule has 0 bridgehead atoms. The van der Waals surface area contributed by atoms with Gasteiger partial charge < -0.3 is 14.4 Å². The first-order valence-electron chi connectivity index (χ1n) is 8.93. The summed E-state index contributed by atoms with van der Waals surface area (Å²) in [6, 6.07) is 13.7. The summed E-state index contributed by atoms with van der Waals surface area (Å²) in [5, 5.41) is 9.67. The SMILES string of the molecule is CC1CCCC(CO)N1CC(=O)N(Cc1ccco1)c1ccccc1. The number of carbonyl (C=O) groups is 1. The predicted molar refractivity (Wildman–Crippen MR) is 97.2 cm³/mol. The molecule has 1 N–H and O–H groups in total. The van der Waals surface area contributed by atoms with Crippen molar-refractivity contribution < 1.29 is 14.3 Å². The Hall–Kier alpha value is -2.11. The molecule has 1 aliphatic rings. The molecule has 25 heavy (non-hydrogen) atoms. The summed E-state index contributed by atoms with van der Waals surface area (Å²) < 4.78 is 5.44. The third kappa shape index (κ3) is 4.30. The Labute approximate surface area is 148 Å². The Morgan fingerprint density at radius 2 is 2.04 bits per heavy atom. The van der Waals surface area contributed by atoms with Crippen molar-refractivity contribution in [2.45, 2.75) is 44.8 Å². The molecule has 0 saturated carbocycles. The highest BCUT2D eigenvalue weighted by Crippen LogP contribution is 2.24. The number of likely N-dealkylation sites (tertiary alicyclic amines) is 1. The van der Waals surface area contributed by atoms with Gasteiger partial charge in [0.2, 0.25) is 5.91 Å². The van der Waals surface area contributed by atoms with Gasteiger partial charge in [0.25, 0.3) is 0 Å². The summed E-state index contributed by atoms with van der Waals surface area (Å²) in [6.45, 7) is 2.94. The van der Waals surface area contributed by atoms with Crippen molar-refractivity contribution in [3.05, 3.63) is 54.5 Å². The number of aliphatic hydroxyl groups is 1. The van der Waals surface area contributed by atoms with E-state index in [4.69, 9.17) is 4.42 Å². The maximum atomic E-state index is 13.1. The molecule has 1 amide bonds. The summed E-state index contributed by atoms with van der Waals surface area (Å²) >= 11 is 0. The Morgan fingerprint density at radius 1 is 1.24 bits per heavy atom. The monoisotopic (exact) mass is 342 g/mol. The highest BCUT2D eigenvalue weighted by Gasteiger charge is 2.30. The van der Waals surface area contributed by atoms with Gasteiger partial charge in [-0.1, -0.05) is 24.6 Å². The lowest BCUT2D eigenvalue weighted by Gasteiger charge is -2.40. The molecule has 2 heterocycles. The second kappa shape index (κ2) is 8.32. The van der Waals surface area contributed by atoms with Crippen LogP contribution in [0.5, 0.6) is 0 Å². The number of benzene rings is 1.